The zero-order valence-electron chi connectivity index (χ0n) is 18.4. The maximum Gasteiger partial charge on any atom is 0.342 e. The number of carboxylic acid groups (broad SMARTS) is 1. The highest BCUT2D eigenvalue weighted by atomic mass is 35.5. The molecule has 1 heterocycles. The number of rotatable bonds is 9. The van der Waals surface area contributed by atoms with Crippen molar-refractivity contribution in [3.05, 3.63) is 93.6 Å². The number of aromatic amines is 1. The van der Waals surface area contributed by atoms with E-state index in [0.29, 0.717) is 33.5 Å². The number of methoxy groups -OCH3 is 1. The normalized spacial score (nSPS) is 11.3. The maximum atomic E-state index is 13.9. The number of aromatic nitrogens is 3. The molecule has 0 atom stereocenters. The molecule has 0 fully saturated rings. The summed E-state index contributed by atoms with van der Waals surface area (Å²) in [5.41, 5.74) is 1.75. The van der Waals surface area contributed by atoms with Gasteiger partial charge in [-0.15, -0.1) is 5.10 Å². The van der Waals surface area contributed by atoms with E-state index in [9.17, 15) is 14.3 Å². The predicted octanol–water partition coefficient (Wildman–Crippen LogP) is 6.07. The summed E-state index contributed by atoms with van der Waals surface area (Å²) in [6.45, 7) is 0.0230. The van der Waals surface area contributed by atoms with Crippen molar-refractivity contribution in [2.24, 2.45) is 0 Å². The molecule has 35 heavy (non-hydrogen) atoms. The summed E-state index contributed by atoms with van der Waals surface area (Å²) in [6.07, 6.45) is 1.48. The van der Waals surface area contributed by atoms with Gasteiger partial charge >= 0.3 is 5.97 Å². The number of halogens is 2. The molecule has 3 aromatic carbocycles. The SMILES string of the molecule is COc1cc(/C=C(\Sc2n[nH]c(-c3ccc(Cl)cc3)n2)C(=O)O)ccc1OCc1ccccc1F. The Morgan fingerprint density at radius 1 is 1.14 bits per heavy atom. The van der Waals surface area contributed by atoms with Crippen molar-refractivity contribution in [1.29, 1.82) is 0 Å². The van der Waals surface area contributed by atoms with Crippen LogP contribution in [0.4, 0.5) is 4.39 Å². The third kappa shape index (κ3) is 6.20. The fraction of sp³-hybridized carbons (Fsp3) is 0.0800. The van der Waals surface area contributed by atoms with Crippen molar-refractivity contribution in [3.8, 4) is 22.9 Å². The minimum atomic E-state index is -1.13. The number of benzene rings is 3. The Bertz CT molecular complexity index is 1380. The summed E-state index contributed by atoms with van der Waals surface area (Å²) < 4.78 is 25.0. The molecule has 0 aliphatic carbocycles. The number of H-pyrrole nitrogens is 1. The molecule has 0 saturated carbocycles. The first kappa shape index (κ1) is 24.3. The molecule has 4 rings (SSSR count). The van der Waals surface area contributed by atoms with Crippen molar-refractivity contribution in [3.63, 3.8) is 0 Å². The molecule has 0 aliphatic rings. The number of carboxylic acids is 1. The van der Waals surface area contributed by atoms with Crippen LogP contribution in [0.1, 0.15) is 11.1 Å². The van der Waals surface area contributed by atoms with Gasteiger partial charge in [0, 0.05) is 16.1 Å². The smallest absolute Gasteiger partial charge is 0.342 e. The lowest BCUT2D eigenvalue weighted by atomic mass is 10.2. The van der Waals surface area contributed by atoms with Crippen LogP contribution in [0, 0.1) is 5.82 Å². The number of nitrogens with one attached hydrogen (secondary N) is 1. The molecular weight excluding hydrogens is 493 g/mol. The van der Waals surface area contributed by atoms with Crippen molar-refractivity contribution in [1.82, 2.24) is 15.2 Å². The van der Waals surface area contributed by atoms with Gasteiger partial charge in [-0.05, 0) is 65.9 Å². The molecule has 4 aromatic rings. The van der Waals surface area contributed by atoms with Gasteiger partial charge < -0.3 is 14.6 Å². The highest BCUT2D eigenvalue weighted by Gasteiger charge is 2.15. The van der Waals surface area contributed by atoms with Gasteiger partial charge in [-0.2, -0.15) is 0 Å². The Balaban J connectivity index is 1.51. The molecule has 178 valence electrons. The van der Waals surface area contributed by atoms with Gasteiger partial charge in [0.25, 0.3) is 0 Å². The lowest BCUT2D eigenvalue weighted by Crippen LogP contribution is -2.00. The van der Waals surface area contributed by atoms with E-state index in [-0.39, 0.29) is 22.5 Å². The number of hydrogen-bond donors (Lipinski definition) is 2. The Hall–Kier alpha value is -3.82. The summed E-state index contributed by atoms with van der Waals surface area (Å²) >= 11 is 6.82. The van der Waals surface area contributed by atoms with E-state index >= 15 is 0 Å². The van der Waals surface area contributed by atoms with E-state index < -0.39 is 5.97 Å². The number of ether oxygens (including phenoxy) is 2. The summed E-state index contributed by atoms with van der Waals surface area (Å²) in [5.74, 6) is -0.217. The lowest BCUT2D eigenvalue weighted by Gasteiger charge is -2.12. The summed E-state index contributed by atoms with van der Waals surface area (Å²) in [4.78, 5) is 16.2. The topological polar surface area (TPSA) is 97.3 Å². The Kier molecular flexibility index (Phi) is 7.69. The van der Waals surface area contributed by atoms with Gasteiger partial charge in [-0.1, -0.05) is 35.9 Å². The van der Waals surface area contributed by atoms with Crippen molar-refractivity contribution in [2.45, 2.75) is 11.8 Å². The van der Waals surface area contributed by atoms with Crippen LogP contribution < -0.4 is 9.47 Å². The number of hydrogen-bond acceptors (Lipinski definition) is 6. The Morgan fingerprint density at radius 2 is 1.91 bits per heavy atom. The molecule has 7 nitrogen and oxygen atoms in total. The van der Waals surface area contributed by atoms with E-state index in [2.05, 4.69) is 15.2 Å². The van der Waals surface area contributed by atoms with Gasteiger partial charge in [-0.25, -0.2) is 14.2 Å². The molecule has 2 N–H and O–H groups in total. The molecule has 1 aromatic heterocycles. The first-order valence-corrected chi connectivity index (χ1v) is 11.5. The van der Waals surface area contributed by atoms with Crippen molar-refractivity contribution < 1.29 is 23.8 Å². The second kappa shape index (κ2) is 11.1. The number of aliphatic carboxylic acids is 1. The van der Waals surface area contributed by atoms with Crippen LogP contribution in [-0.2, 0) is 11.4 Å². The van der Waals surface area contributed by atoms with Crippen LogP contribution in [0.5, 0.6) is 11.5 Å². The summed E-state index contributed by atoms with van der Waals surface area (Å²) in [7, 11) is 1.47. The standard InChI is InChI=1S/C25H19ClFN3O4S/c1-33-21-12-15(6-11-20(21)34-14-17-4-2-3-5-19(17)27)13-22(24(31)32)35-25-28-23(29-30-25)16-7-9-18(26)10-8-16/h2-13H,14H2,1H3,(H,31,32)(H,28,29,30)/b22-13-. The highest BCUT2D eigenvalue weighted by molar-refractivity contribution is 8.04. The van der Waals surface area contributed by atoms with Crippen LogP contribution >= 0.6 is 23.4 Å². The Morgan fingerprint density at radius 3 is 2.63 bits per heavy atom. The van der Waals surface area contributed by atoms with Crippen molar-refractivity contribution in [2.75, 3.05) is 7.11 Å². The molecule has 10 heteroatoms. The molecule has 0 saturated heterocycles. The number of nitrogens with zero attached hydrogens (tertiary/aromatic N) is 2. The zero-order chi connectivity index (χ0) is 24.8. The van der Waals surface area contributed by atoms with Crippen LogP contribution in [0.3, 0.4) is 0 Å². The molecule has 0 amide bonds. The number of carbonyl (C=O) groups is 1. The first-order valence-electron chi connectivity index (χ1n) is 10.3. The zero-order valence-corrected chi connectivity index (χ0v) is 19.9. The second-order valence-corrected chi connectivity index (χ2v) is 8.63. The number of thioether (sulfide) groups is 1. The third-order valence-corrected chi connectivity index (χ3v) is 5.95. The second-order valence-electron chi connectivity index (χ2n) is 7.18. The summed E-state index contributed by atoms with van der Waals surface area (Å²) in [6, 6.07) is 18.3. The van der Waals surface area contributed by atoms with Gasteiger partial charge in [0.2, 0.25) is 5.16 Å². The monoisotopic (exact) mass is 511 g/mol. The molecule has 0 spiro atoms. The fourth-order valence-corrected chi connectivity index (χ4v) is 3.91. The van der Waals surface area contributed by atoms with E-state index in [0.717, 1.165) is 17.3 Å². The van der Waals surface area contributed by atoms with Gasteiger partial charge in [-0.3, -0.25) is 5.10 Å². The molecule has 0 radical (unpaired) electrons. The minimum absolute atomic E-state index is 0.00809. The van der Waals surface area contributed by atoms with E-state index in [1.165, 1.54) is 19.3 Å². The lowest BCUT2D eigenvalue weighted by molar-refractivity contribution is -0.131. The van der Waals surface area contributed by atoms with E-state index in [4.69, 9.17) is 21.1 Å². The average Bonchev–Trinajstić information content (AvgIpc) is 3.32. The molecule has 0 unspecified atom stereocenters. The van der Waals surface area contributed by atoms with Crippen LogP contribution in [0.15, 0.2) is 76.8 Å². The van der Waals surface area contributed by atoms with E-state index in [1.54, 1.807) is 60.7 Å². The predicted molar refractivity (Wildman–Crippen MR) is 132 cm³/mol. The van der Waals surface area contributed by atoms with Crippen LogP contribution in [0.25, 0.3) is 17.5 Å². The van der Waals surface area contributed by atoms with Gasteiger partial charge in [0.1, 0.15) is 17.3 Å². The van der Waals surface area contributed by atoms with Gasteiger partial charge in [0.05, 0.1) is 7.11 Å². The summed E-state index contributed by atoms with van der Waals surface area (Å²) in [5, 5.41) is 17.5. The molecular formula is C25H19ClFN3O4S. The quantitative estimate of drug-likeness (QED) is 0.208. The van der Waals surface area contributed by atoms with Crippen LogP contribution in [0.2, 0.25) is 5.02 Å². The average molecular weight is 512 g/mol. The first-order chi connectivity index (χ1) is 16.9. The third-order valence-electron chi connectivity index (χ3n) is 4.82. The fourth-order valence-electron chi connectivity index (χ4n) is 3.08. The van der Waals surface area contributed by atoms with Gasteiger partial charge in [0.15, 0.2) is 17.3 Å². The van der Waals surface area contributed by atoms with Crippen LogP contribution in [-0.4, -0.2) is 33.4 Å². The van der Waals surface area contributed by atoms with Crippen molar-refractivity contribution >= 4 is 35.4 Å². The molecule has 0 bridgehead atoms. The Labute approximate surface area is 209 Å². The highest BCUT2D eigenvalue weighted by Crippen LogP contribution is 2.32. The maximum absolute atomic E-state index is 13.9. The molecule has 0 aliphatic heterocycles. The minimum Gasteiger partial charge on any atom is -0.493 e. The van der Waals surface area contributed by atoms with E-state index in [1.807, 2.05) is 0 Å². The largest absolute Gasteiger partial charge is 0.493 e.